The van der Waals surface area contributed by atoms with Crippen LogP contribution in [0.3, 0.4) is 0 Å². The van der Waals surface area contributed by atoms with Crippen LogP contribution in [0.4, 0.5) is 0 Å². The second kappa shape index (κ2) is 5.40. The molecule has 0 radical (unpaired) electrons. The maximum Gasteiger partial charge on any atom is 0.119 e. The summed E-state index contributed by atoms with van der Waals surface area (Å²) in [7, 11) is 0. The lowest BCUT2D eigenvalue weighted by molar-refractivity contribution is 0.269. The van der Waals surface area contributed by atoms with Gasteiger partial charge >= 0.3 is 0 Å². The number of benzene rings is 1. The van der Waals surface area contributed by atoms with Crippen molar-refractivity contribution in [3.8, 4) is 5.75 Å². The van der Waals surface area contributed by atoms with E-state index in [2.05, 4.69) is 24.3 Å². The van der Waals surface area contributed by atoms with Gasteiger partial charge in [-0.25, -0.2) is 0 Å². The van der Waals surface area contributed by atoms with E-state index >= 15 is 0 Å². The van der Waals surface area contributed by atoms with Gasteiger partial charge in [0.2, 0.25) is 0 Å². The van der Waals surface area contributed by atoms with E-state index in [0.717, 1.165) is 18.8 Å². The first-order valence-electron chi connectivity index (χ1n) is 5.46. The van der Waals surface area contributed by atoms with Gasteiger partial charge in [0.1, 0.15) is 5.75 Å². The first kappa shape index (κ1) is 10.0. The molecule has 0 N–H and O–H groups in total. The van der Waals surface area contributed by atoms with Crippen LogP contribution < -0.4 is 4.74 Å². The van der Waals surface area contributed by atoms with Crippen molar-refractivity contribution in [3.63, 3.8) is 0 Å². The summed E-state index contributed by atoms with van der Waals surface area (Å²) in [4.78, 5) is 0. The monoisotopic (exact) mass is 200 g/mol. The Morgan fingerprint density at radius 3 is 2.87 bits per heavy atom. The van der Waals surface area contributed by atoms with Crippen LogP contribution in [0.5, 0.6) is 5.75 Å². The molecule has 0 saturated carbocycles. The molecule has 0 amide bonds. The lowest BCUT2D eigenvalue weighted by atomic mass is 10.1. The Morgan fingerprint density at radius 2 is 2.00 bits per heavy atom. The Hall–Kier alpha value is -1.50. The zero-order valence-corrected chi connectivity index (χ0v) is 8.80. The van der Waals surface area contributed by atoms with E-state index < -0.39 is 0 Å². The van der Waals surface area contributed by atoms with Crippen LogP contribution in [0.15, 0.2) is 54.6 Å². The molecule has 0 fully saturated rings. The van der Waals surface area contributed by atoms with Crippen molar-refractivity contribution >= 4 is 0 Å². The second-order valence-electron chi connectivity index (χ2n) is 3.77. The summed E-state index contributed by atoms with van der Waals surface area (Å²) in [5.74, 6) is 1.50. The van der Waals surface area contributed by atoms with Crippen molar-refractivity contribution in [2.45, 2.75) is 12.8 Å². The quantitative estimate of drug-likeness (QED) is 0.724. The number of para-hydroxylation sites is 1. The maximum atomic E-state index is 5.72. The third-order valence-electron chi connectivity index (χ3n) is 2.54. The van der Waals surface area contributed by atoms with Crippen LogP contribution >= 0.6 is 0 Å². The average molecular weight is 200 g/mol. The summed E-state index contributed by atoms with van der Waals surface area (Å²) in [6, 6.07) is 10.00. The molecule has 0 saturated heterocycles. The maximum absolute atomic E-state index is 5.72. The second-order valence-corrected chi connectivity index (χ2v) is 3.77. The van der Waals surface area contributed by atoms with E-state index in [9.17, 15) is 0 Å². The molecule has 1 atom stereocenters. The SMILES string of the molecule is C1=CCCC(COc2ccccc2)C=C1. The van der Waals surface area contributed by atoms with Gasteiger partial charge in [-0.2, -0.15) is 0 Å². The van der Waals surface area contributed by atoms with Crippen LogP contribution in [-0.2, 0) is 0 Å². The summed E-state index contributed by atoms with van der Waals surface area (Å²) in [6.45, 7) is 0.780. The lowest BCUT2D eigenvalue weighted by Gasteiger charge is -2.12. The normalized spacial score (nSPS) is 19.9. The summed E-state index contributed by atoms with van der Waals surface area (Å²) >= 11 is 0. The number of allylic oxidation sites excluding steroid dienone is 3. The molecule has 1 aromatic carbocycles. The Bertz CT molecular complexity index is 338. The van der Waals surface area contributed by atoms with Crippen molar-refractivity contribution in [2.75, 3.05) is 6.61 Å². The van der Waals surface area contributed by atoms with Gasteiger partial charge in [-0.3, -0.25) is 0 Å². The van der Waals surface area contributed by atoms with E-state index in [-0.39, 0.29) is 0 Å². The number of rotatable bonds is 3. The molecule has 2 rings (SSSR count). The van der Waals surface area contributed by atoms with Gasteiger partial charge in [0.25, 0.3) is 0 Å². The molecule has 0 aromatic heterocycles. The number of hydrogen-bond donors (Lipinski definition) is 0. The fourth-order valence-electron chi connectivity index (χ4n) is 1.66. The largest absolute Gasteiger partial charge is 0.493 e. The van der Waals surface area contributed by atoms with Gasteiger partial charge in [0.15, 0.2) is 0 Å². The molecule has 1 unspecified atom stereocenters. The van der Waals surface area contributed by atoms with Crippen LogP contribution in [0.1, 0.15) is 12.8 Å². The summed E-state index contributed by atoms with van der Waals surface area (Å²) in [5, 5.41) is 0. The molecule has 1 aromatic rings. The fourth-order valence-corrected chi connectivity index (χ4v) is 1.66. The smallest absolute Gasteiger partial charge is 0.119 e. The molecular formula is C14H16O. The van der Waals surface area contributed by atoms with Crippen LogP contribution in [0, 0.1) is 5.92 Å². The van der Waals surface area contributed by atoms with Crippen LogP contribution in [0.25, 0.3) is 0 Å². The Morgan fingerprint density at radius 1 is 1.13 bits per heavy atom. The van der Waals surface area contributed by atoms with E-state index in [1.165, 1.54) is 6.42 Å². The van der Waals surface area contributed by atoms with Gasteiger partial charge in [0, 0.05) is 5.92 Å². The highest BCUT2D eigenvalue weighted by Gasteiger charge is 2.06. The van der Waals surface area contributed by atoms with Gasteiger partial charge in [-0.15, -0.1) is 0 Å². The molecular weight excluding hydrogens is 184 g/mol. The van der Waals surface area contributed by atoms with Gasteiger partial charge in [-0.1, -0.05) is 42.5 Å². The van der Waals surface area contributed by atoms with Crippen molar-refractivity contribution in [3.05, 3.63) is 54.6 Å². The predicted molar refractivity (Wildman–Crippen MR) is 62.9 cm³/mol. The summed E-state index contributed by atoms with van der Waals surface area (Å²) < 4.78 is 5.72. The summed E-state index contributed by atoms with van der Waals surface area (Å²) in [5.41, 5.74) is 0. The zero-order valence-electron chi connectivity index (χ0n) is 8.80. The van der Waals surface area contributed by atoms with Crippen molar-refractivity contribution in [2.24, 2.45) is 5.92 Å². The first-order valence-corrected chi connectivity index (χ1v) is 5.46. The molecule has 1 heteroatoms. The molecule has 78 valence electrons. The van der Waals surface area contributed by atoms with Crippen molar-refractivity contribution in [1.29, 1.82) is 0 Å². The Kier molecular flexibility index (Phi) is 3.61. The number of hydrogen-bond acceptors (Lipinski definition) is 1. The first-order chi connectivity index (χ1) is 7.45. The molecule has 0 bridgehead atoms. The molecule has 0 aliphatic heterocycles. The molecule has 0 heterocycles. The van der Waals surface area contributed by atoms with Gasteiger partial charge in [-0.05, 0) is 25.0 Å². The highest BCUT2D eigenvalue weighted by molar-refractivity contribution is 5.21. The van der Waals surface area contributed by atoms with E-state index in [0.29, 0.717) is 5.92 Å². The van der Waals surface area contributed by atoms with Crippen molar-refractivity contribution in [1.82, 2.24) is 0 Å². The molecule has 1 nitrogen and oxygen atoms in total. The number of ether oxygens (including phenoxy) is 1. The predicted octanol–water partition coefficient (Wildman–Crippen LogP) is 3.59. The minimum absolute atomic E-state index is 0.542. The third-order valence-corrected chi connectivity index (χ3v) is 2.54. The average Bonchev–Trinajstić information content (AvgIpc) is 2.56. The lowest BCUT2D eigenvalue weighted by Crippen LogP contribution is -2.09. The molecule has 0 spiro atoms. The van der Waals surface area contributed by atoms with Crippen LogP contribution in [0.2, 0.25) is 0 Å². The minimum atomic E-state index is 0.542. The highest BCUT2D eigenvalue weighted by Crippen LogP contribution is 2.16. The Labute approximate surface area is 91.1 Å². The van der Waals surface area contributed by atoms with Crippen LogP contribution in [-0.4, -0.2) is 6.61 Å². The standard InChI is InChI=1S/C14H16O/c1-2-5-9-13(8-4-1)12-15-14-10-6-3-7-11-14/h1-4,6-8,10-11,13H,5,9,12H2. The molecule has 15 heavy (non-hydrogen) atoms. The fraction of sp³-hybridized carbons (Fsp3) is 0.286. The van der Waals surface area contributed by atoms with Gasteiger partial charge in [0.05, 0.1) is 6.61 Å². The Balaban J connectivity index is 1.83. The molecule has 1 aliphatic rings. The third kappa shape index (κ3) is 3.28. The van der Waals surface area contributed by atoms with E-state index in [1.54, 1.807) is 0 Å². The van der Waals surface area contributed by atoms with Gasteiger partial charge < -0.3 is 4.74 Å². The van der Waals surface area contributed by atoms with E-state index in [4.69, 9.17) is 4.74 Å². The summed E-state index contributed by atoms with van der Waals surface area (Å²) in [6.07, 6.45) is 11.0. The topological polar surface area (TPSA) is 9.23 Å². The highest BCUT2D eigenvalue weighted by atomic mass is 16.5. The minimum Gasteiger partial charge on any atom is -0.493 e. The van der Waals surface area contributed by atoms with E-state index in [1.807, 2.05) is 30.3 Å². The zero-order chi connectivity index (χ0) is 10.3. The van der Waals surface area contributed by atoms with Crippen molar-refractivity contribution < 1.29 is 4.74 Å². The molecule has 1 aliphatic carbocycles.